The molecule has 0 fully saturated rings. The predicted molar refractivity (Wildman–Crippen MR) is 83.9 cm³/mol. The van der Waals surface area contributed by atoms with Crippen LogP contribution in [0.5, 0.6) is 0 Å². The number of carbonyl (C=O) groups excluding carboxylic acids is 1. The van der Waals surface area contributed by atoms with Crippen LogP contribution in [0.15, 0.2) is 51.8 Å². The average molecular weight is 347 g/mol. The fraction of sp³-hybridized carbons (Fsp3) is 0.0667. The van der Waals surface area contributed by atoms with E-state index in [9.17, 15) is 4.79 Å². The first-order chi connectivity index (χ1) is 9.69. The maximum atomic E-state index is 11.9. The summed E-state index contributed by atoms with van der Waals surface area (Å²) in [5.41, 5.74) is 1.10. The Balaban J connectivity index is 2.03. The Morgan fingerprint density at radius 3 is 2.75 bits per heavy atom. The molecular weight excluding hydrogens is 336 g/mol. The molecular formula is C15H11BrN2OS. The summed E-state index contributed by atoms with van der Waals surface area (Å²) in [6.07, 6.45) is 1.59. The van der Waals surface area contributed by atoms with Crippen molar-refractivity contribution in [3.8, 4) is 6.07 Å². The van der Waals surface area contributed by atoms with Gasteiger partial charge in [-0.05, 0) is 33.6 Å². The summed E-state index contributed by atoms with van der Waals surface area (Å²) in [7, 11) is 0. The molecule has 0 spiro atoms. The van der Waals surface area contributed by atoms with Crippen molar-refractivity contribution in [3.05, 3.63) is 62.3 Å². The van der Waals surface area contributed by atoms with Crippen LogP contribution in [0.3, 0.4) is 0 Å². The van der Waals surface area contributed by atoms with Gasteiger partial charge in [0.15, 0.2) is 0 Å². The highest BCUT2D eigenvalue weighted by Crippen LogP contribution is 2.22. The van der Waals surface area contributed by atoms with E-state index in [1.165, 1.54) is 11.3 Å². The van der Waals surface area contributed by atoms with Gasteiger partial charge in [-0.25, -0.2) is 0 Å². The minimum atomic E-state index is -0.360. The van der Waals surface area contributed by atoms with E-state index >= 15 is 0 Å². The number of halogens is 1. The van der Waals surface area contributed by atoms with E-state index in [0.29, 0.717) is 6.54 Å². The summed E-state index contributed by atoms with van der Waals surface area (Å²) >= 11 is 4.81. The number of thiophene rings is 1. The lowest BCUT2D eigenvalue weighted by Gasteiger charge is -2.03. The molecule has 20 heavy (non-hydrogen) atoms. The van der Waals surface area contributed by atoms with E-state index in [4.69, 9.17) is 5.26 Å². The first-order valence-corrected chi connectivity index (χ1v) is 7.54. The molecule has 5 heteroatoms. The maximum Gasteiger partial charge on any atom is 0.262 e. The van der Waals surface area contributed by atoms with Crippen molar-refractivity contribution in [2.24, 2.45) is 0 Å². The highest BCUT2D eigenvalue weighted by Gasteiger charge is 2.09. The van der Waals surface area contributed by atoms with Crippen LogP contribution < -0.4 is 5.32 Å². The SMILES string of the molecule is N#CC(=Cc1cc(Br)cs1)C(=O)NCc1ccccc1. The molecule has 0 aliphatic rings. The van der Waals surface area contributed by atoms with Crippen LogP contribution in [0.4, 0.5) is 0 Å². The number of nitriles is 1. The molecule has 0 aliphatic heterocycles. The molecule has 1 heterocycles. The average Bonchev–Trinajstić information content (AvgIpc) is 2.88. The lowest BCUT2D eigenvalue weighted by Crippen LogP contribution is -2.23. The topological polar surface area (TPSA) is 52.9 Å². The number of hydrogen-bond acceptors (Lipinski definition) is 3. The second kappa shape index (κ2) is 7.04. The molecule has 0 bridgehead atoms. The van der Waals surface area contributed by atoms with Crippen molar-refractivity contribution in [1.29, 1.82) is 5.26 Å². The Morgan fingerprint density at radius 1 is 1.40 bits per heavy atom. The Labute approximate surface area is 129 Å². The van der Waals surface area contributed by atoms with E-state index in [0.717, 1.165) is 14.9 Å². The van der Waals surface area contributed by atoms with E-state index in [-0.39, 0.29) is 11.5 Å². The van der Waals surface area contributed by atoms with Gasteiger partial charge in [-0.3, -0.25) is 4.79 Å². The number of hydrogen-bond donors (Lipinski definition) is 1. The van der Waals surface area contributed by atoms with Gasteiger partial charge in [0.25, 0.3) is 5.91 Å². The summed E-state index contributed by atoms with van der Waals surface area (Å²) in [5, 5.41) is 13.7. The number of benzene rings is 1. The molecule has 0 aliphatic carbocycles. The fourth-order valence-electron chi connectivity index (χ4n) is 1.57. The van der Waals surface area contributed by atoms with Gasteiger partial charge in [-0.1, -0.05) is 30.3 Å². The molecule has 0 saturated carbocycles. The molecule has 2 rings (SSSR count). The molecule has 0 radical (unpaired) electrons. The Hall–Kier alpha value is -1.90. The zero-order valence-corrected chi connectivity index (χ0v) is 12.9. The second-order valence-corrected chi connectivity index (χ2v) is 5.86. The highest BCUT2D eigenvalue weighted by molar-refractivity contribution is 9.10. The van der Waals surface area contributed by atoms with Gasteiger partial charge in [0.05, 0.1) is 0 Å². The standard InChI is InChI=1S/C15H11BrN2OS/c16-13-7-14(20-10-13)6-12(8-17)15(19)18-9-11-4-2-1-3-5-11/h1-7,10H,9H2,(H,18,19). The van der Waals surface area contributed by atoms with Crippen molar-refractivity contribution in [2.45, 2.75) is 6.54 Å². The summed E-state index contributed by atoms with van der Waals surface area (Å²) in [4.78, 5) is 12.8. The van der Waals surface area contributed by atoms with Gasteiger partial charge >= 0.3 is 0 Å². The first-order valence-electron chi connectivity index (χ1n) is 5.87. The van der Waals surface area contributed by atoms with Crippen LogP contribution in [0, 0.1) is 11.3 Å². The molecule has 2 aromatic rings. The van der Waals surface area contributed by atoms with Crippen LogP contribution in [0.25, 0.3) is 6.08 Å². The number of rotatable bonds is 4. The number of nitrogens with zero attached hydrogens (tertiary/aromatic N) is 1. The second-order valence-electron chi connectivity index (χ2n) is 4.01. The molecule has 1 aromatic carbocycles. The molecule has 3 nitrogen and oxygen atoms in total. The fourth-order valence-corrected chi connectivity index (χ4v) is 2.94. The van der Waals surface area contributed by atoms with Gasteiger partial charge in [-0.2, -0.15) is 5.26 Å². The van der Waals surface area contributed by atoms with Crippen LogP contribution in [0.1, 0.15) is 10.4 Å². The quantitative estimate of drug-likeness (QED) is 0.677. The predicted octanol–water partition coefficient (Wildman–Crippen LogP) is 3.73. The summed E-state index contributed by atoms with van der Waals surface area (Å²) in [5.74, 6) is -0.360. The van der Waals surface area contributed by atoms with Crippen LogP contribution >= 0.6 is 27.3 Å². The minimum Gasteiger partial charge on any atom is -0.347 e. The van der Waals surface area contributed by atoms with E-state index in [1.54, 1.807) is 6.08 Å². The van der Waals surface area contributed by atoms with Gasteiger partial charge in [0.1, 0.15) is 11.6 Å². The Kier molecular flexibility index (Phi) is 5.10. The number of amides is 1. The molecule has 1 aromatic heterocycles. The number of carbonyl (C=O) groups is 1. The summed E-state index contributed by atoms with van der Waals surface area (Å²) in [6, 6.07) is 13.4. The largest absolute Gasteiger partial charge is 0.347 e. The zero-order chi connectivity index (χ0) is 14.4. The van der Waals surface area contributed by atoms with Crippen LogP contribution in [0.2, 0.25) is 0 Å². The third-order valence-electron chi connectivity index (χ3n) is 2.54. The van der Waals surface area contributed by atoms with E-state index < -0.39 is 0 Å². The molecule has 1 amide bonds. The Bertz CT molecular complexity index is 671. The third kappa shape index (κ3) is 4.05. The monoisotopic (exact) mass is 346 g/mol. The van der Waals surface area contributed by atoms with Crippen molar-refractivity contribution in [1.82, 2.24) is 5.32 Å². The normalized spacial score (nSPS) is 10.9. The van der Waals surface area contributed by atoms with Crippen molar-refractivity contribution >= 4 is 39.2 Å². The molecule has 0 unspecified atom stereocenters. The lowest BCUT2D eigenvalue weighted by molar-refractivity contribution is -0.117. The van der Waals surface area contributed by atoms with Gasteiger partial charge in [-0.15, -0.1) is 11.3 Å². The van der Waals surface area contributed by atoms with Crippen molar-refractivity contribution in [2.75, 3.05) is 0 Å². The van der Waals surface area contributed by atoms with Gasteiger partial charge in [0, 0.05) is 21.3 Å². The Morgan fingerprint density at radius 2 is 2.15 bits per heavy atom. The zero-order valence-electron chi connectivity index (χ0n) is 10.5. The van der Waals surface area contributed by atoms with Gasteiger partial charge in [0.2, 0.25) is 0 Å². The van der Waals surface area contributed by atoms with Crippen LogP contribution in [-0.4, -0.2) is 5.91 Å². The first kappa shape index (κ1) is 14.5. The maximum absolute atomic E-state index is 11.9. The van der Waals surface area contributed by atoms with E-state index in [1.807, 2.05) is 47.8 Å². The molecule has 0 saturated heterocycles. The van der Waals surface area contributed by atoms with E-state index in [2.05, 4.69) is 21.2 Å². The van der Waals surface area contributed by atoms with Gasteiger partial charge < -0.3 is 5.32 Å². The molecule has 100 valence electrons. The molecule has 1 N–H and O–H groups in total. The third-order valence-corrected chi connectivity index (χ3v) is 4.18. The minimum absolute atomic E-state index is 0.107. The molecule has 0 atom stereocenters. The van der Waals surface area contributed by atoms with Crippen molar-refractivity contribution in [3.63, 3.8) is 0 Å². The smallest absolute Gasteiger partial charge is 0.262 e. The summed E-state index contributed by atoms with van der Waals surface area (Å²) in [6.45, 7) is 0.410. The lowest BCUT2D eigenvalue weighted by atomic mass is 10.2. The van der Waals surface area contributed by atoms with Crippen LogP contribution in [-0.2, 0) is 11.3 Å². The van der Waals surface area contributed by atoms with Crippen molar-refractivity contribution < 1.29 is 4.79 Å². The summed E-state index contributed by atoms with van der Waals surface area (Å²) < 4.78 is 0.940. The highest BCUT2D eigenvalue weighted by atomic mass is 79.9. The number of nitrogens with one attached hydrogen (secondary N) is 1.